The van der Waals surface area contributed by atoms with Crippen LogP contribution in [0.25, 0.3) is 0 Å². The molecule has 0 aromatic heterocycles. The van der Waals surface area contributed by atoms with Crippen LogP contribution in [0.5, 0.6) is 0 Å². The zero-order valence-corrected chi connectivity index (χ0v) is 11.4. The van der Waals surface area contributed by atoms with Crippen molar-refractivity contribution in [3.63, 3.8) is 0 Å². The molecular formula is C15H20O5. The summed E-state index contributed by atoms with van der Waals surface area (Å²) in [6.45, 7) is 1.51. The fraction of sp³-hybridized carbons (Fsp3) is 0.467. The van der Waals surface area contributed by atoms with Gasteiger partial charge in [-0.1, -0.05) is 30.3 Å². The van der Waals surface area contributed by atoms with Gasteiger partial charge >= 0.3 is 11.9 Å². The van der Waals surface area contributed by atoms with Crippen molar-refractivity contribution in [3.05, 3.63) is 35.9 Å². The van der Waals surface area contributed by atoms with E-state index in [4.69, 9.17) is 14.6 Å². The van der Waals surface area contributed by atoms with Crippen LogP contribution in [0.4, 0.5) is 0 Å². The highest BCUT2D eigenvalue weighted by Crippen LogP contribution is 2.02. The number of carbonyl (C=O) groups is 2. The maximum Gasteiger partial charge on any atom is 0.306 e. The molecular weight excluding hydrogens is 260 g/mol. The number of ether oxygens (including phenoxy) is 2. The van der Waals surface area contributed by atoms with Crippen molar-refractivity contribution >= 4 is 11.9 Å². The Balaban J connectivity index is 1.92. The quantitative estimate of drug-likeness (QED) is 0.526. The summed E-state index contributed by atoms with van der Waals surface area (Å²) in [6, 6.07) is 9.90. The molecule has 0 radical (unpaired) electrons. The summed E-state index contributed by atoms with van der Waals surface area (Å²) in [5.74, 6) is -1.45. The molecule has 0 aliphatic carbocycles. The highest BCUT2D eigenvalue weighted by Gasteiger charge is 2.05. The van der Waals surface area contributed by atoms with Gasteiger partial charge in [-0.15, -0.1) is 0 Å². The molecule has 1 rings (SSSR count). The normalized spacial score (nSPS) is 10.2. The van der Waals surface area contributed by atoms with E-state index in [1.54, 1.807) is 0 Å². The topological polar surface area (TPSA) is 72.8 Å². The number of unbranched alkanes of at least 4 members (excludes halogenated alkanes) is 1. The van der Waals surface area contributed by atoms with Gasteiger partial charge in [0, 0.05) is 6.61 Å². The largest absolute Gasteiger partial charge is 0.481 e. The van der Waals surface area contributed by atoms with Gasteiger partial charge in [0.05, 0.1) is 26.1 Å². The van der Waals surface area contributed by atoms with E-state index in [-0.39, 0.29) is 12.8 Å². The average Bonchev–Trinajstić information content (AvgIpc) is 2.45. The van der Waals surface area contributed by atoms with Crippen LogP contribution in [0.3, 0.4) is 0 Å². The zero-order chi connectivity index (χ0) is 14.6. The van der Waals surface area contributed by atoms with E-state index in [0.29, 0.717) is 26.2 Å². The Morgan fingerprint density at radius 2 is 1.70 bits per heavy atom. The monoisotopic (exact) mass is 280 g/mol. The van der Waals surface area contributed by atoms with Crippen LogP contribution in [0.2, 0.25) is 0 Å². The molecule has 0 unspecified atom stereocenters. The number of hydrogen-bond donors (Lipinski definition) is 1. The van der Waals surface area contributed by atoms with Crippen molar-refractivity contribution in [2.45, 2.75) is 32.3 Å². The van der Waals surface area contributed by atoms with Gasteiger partial charge in [-0.3, -0.25) is 9.59 Å². The van der Waals surface area contributed by atoms with Gasteiger partial charge in [-0.05, 0) is 18.4 Å². The molecule has 1 aromatic rings. The van der Waals surface area contributed by atoms with E-state index >= 15 is 0 Å². The predicted octanol–water partition coefficient (Wildman–Crippen LogP) is 2.39. The summed E-state index contributed by atoms with van der Waals surface area (Å²) >= 11 is 0. The first-order chi connectivity index (χ1) is 9.68. The Kier molecular flexibility index (Phi) is 8.07. The fourth-order valence-electron chi connectivity index (χ4n) is 1.54. The lowest BCUT2D eigenvalue weighted by molar-refractivity contribution is -0.147. The molecule has 0 amide bonds. The molecule has 0 saturated carbocycles. The first-order valence-electron chi connectivity index (χ1n) is 6.67. The summed E-state index contributed by atoms with van der Waals surface area (Å²) in [6.07, 6.45) is 1.27. The maximum absolute atomic E-state index is 11.1. The predicted molar refractivity (Wildman–Crippen MR) is 73.2 cm³/mol. The number of carboxylic acids is 1. The average molecular weight is 280 g/mol. The number of carbonyl (C=O) groups excluding carboxylic acids is 1. The molecule has 0 spiro atoms. The minimum absolute atomic E-state index is 0.0696. The summed E-state index contributed by atoms with van der Waals surface area (Å²) in [4.78, 5) is 21.3. The number of esters is 1. The van der Waals surface area contributed by atoms with Crippen molar-refractivity contribution in [2.24, 2.45) is 0 Å². The standard InChI is InChI=1S/C15H20O5/c16-14(17)8-9-15(18)20-11-5-4-10-19-12-13-6-2-1-3-7-13/h1-3,6-7H,4-5,8-12H2,(H,16,17). The van der Waals surface area contributed by atoms with E-state index in [1.807, 2.05) is 30.3 Å². The van der Waals surface area contributed by atoms with Gasteiger partial charge in [0.25, 0.3) is 0 Å². The van der Waals surface area contributed by atoms with Crippen LogP contribution in [-0.4, -0.2) is 30.3 Å². The molecule has 0 heterocycles. The van der Waals surface area contributed by atoms with Crippen LogP contribution in [0.15, 0.2) is 30.3 Å². The van der Waals surface area contributed by atoms with Gasteiger partial charge in [0.1, 0.15) is 0 Å². The maximum atomic E-state index is 11.1. The van der Waals surface area contributed by atoms with Crippen LogP contribution >= 0.6 is 0 Å². The molecule has 5 heteroatoms. The van der Waals surface area contributed by atoms with Crippen molar-refractivity contribution in [3.8, 4) is 0 Å². The Morgan fingerprint density at radius 3 is 2.40 bits per heavy atom. The van der Waals surface area contributed by atoms with Gasteiger partial charge in [0.15, 0.2) is 0 Å². The molecule has 1 N–H and O–H groups in total. The molecule has 110 valence electrons. The fourth-order valence-corrected chi connectivity index (χ4v) is 1.54. The Labute approximate surface area is 118 Å². The summed E-state index contributed by atoms with van der Waals surface area (Å²) in [5.41, 5.74) is 1.13. The van der Waals surface area contributed by atoms with E-state index in [9.17, 15) is 9.59 Å². The molecule has 1 aromatic carbocycles. The highest BCUT2D eigenvalue weighted by atomic mass is 16.5. The smallest absolute Gasteiger partial charge is 0.306 e. The highest BCUT2D eigenvalue weighted by molar-refractivity contribution is 5.76. The van der Waals surface area contributed by atoms with Gasteiger partial charge in [-0.25, -0.2) is 0 Å². The number of carboxylic acid groups (broad SMARTS) is 1. The van der Waals surface area contributed by atoms with E-state index in [1.165, 1.54) is 0 Å². The minimum Gasteiger partial charge on any atom is -0.481 e. The van der Waals surface area contributed by atoms with Gasteiger partial charge < -0.3 is 14.6 Å². The second-order valence-electron chi connectivity index (χ2n) is 4.36. The molecule has 20 heavy (non-hydrogen) atoms. The number of rotatable bonds is 10. The lowest BCUT2D eigenvalue weighted by Crippen LogP contribution is -2.09. The lowest BCUT2D eigenvalue weighted by atomic mass is 10.2. The third-order valence-electron chi connectivity index (χ3n) is 2.60. The lowest BCUT2D eigenvalue weighted by Gasteiger charge is -2.05. The third kappa shape index (κ3) is 8.26. The Morgan fingerprint density at radius 1 is 1.00 bits per heavy atom. The SMILES string of the molecule is O=C(O)CCC(=O)OCCCCOCc1ccccc1. The molecule has 0 aliphatic rings. The second-order valence-corrected chi connectivity index (χ2v) is 4.36. The number of benzene rings is 1. The summed E-state index contributed by atoms with van der Waals surface area (Å²) in [5, 5.41) is 8.40. The molecule has 5 nitrogen and oxygen atoms in total. The van der Waals surface area contributed by atoms with Crippen molar-refractivity contribution in [2.75, 3.05) is 13.2 Å². The molecule has 0 atom stereocenters. The van der Waals surface area contributed by atoms with E-state index in [0.717, 1.165) is 12.0 Å². The number of hydrogen-bond acceptors (Lipinski definition) is 4. The van der Waals surface area contributed by atoms with Crippen molar-refractivity contribution in [1.29, 1.82) is 0 Å². The van der Waals surface area contributed by atoms with Gasteiger partial charge in [-0.2, -0.15) is 0 Å². The Hall–Kier alpha value is -1.88. The van der Waals surface area contributed by atoms with Crippen LogP contribution in [0, 0.1) is 0 Å². The van der Waals surface area contributed by atoms with E-state index in [2.05, 4.69) is 0 Å². The molecule has 0 aliphatic heterocycles. The molecule has 0 bridgehead atoms. The zero-order valence-electron chi connectivity index (χ0n) is 11.4. The Bertz CT molecular complexity index is 402. The van der Waals surface area contributed by atoms with Crippen molar-refractivity contribution < 1.29 is 24.2 Å². The minimum atomic E-state index is -0.990. The van der Waals surface area contributed by atoms with Crippen LogP contribution < -0.4 is 0 Å². The second kappa shape index (κ2) is 9.97. The first-order valence-corrected chi connectivity index (χ1v) is 6.67. The van der Waals surface area contributed by atoms with Crippen molar-refractivity contribution in [1.82, 2.24) is 0 Å². The van der Waals surface area contributed by atoms with Crippen LogP contribution in [0.1, 0.15) is 31.2 Å². The van der Waals surface area contributed by atoms with Gasteiger partial charge in [0.2, 0.25) is 0 Å². The first kappa shape index (κ1) is 16.2. The summed E-state index contributed by atoms with van der Waals surface area (Å²) in [7, 11) is 0. The van der Waals surface area contributed by atoms with Crippen LogP contribution in [-0.2, 0) is 25.7 Å². The third-order valence-corrected chi connectivity index (χ3v) is 2.60. The summed E-state index contributed by atoms with van der Waals surface area (Å²) < 4.78 is 10.4. The number of aliphatic carboxylic acids is 1. The molecule has 0 fully saturated rings. The van der Waals surface area contributed by atoms with E-state index < -0.39 is 11.9 Å². The molecule has 0 saturated heterocycles.